The molecule has 4 heteroatoms. The van der Waals surface area contributed by atoms with Crippen molar-refractivity contribution in [2.45, 2.75) is 18.9 Å². The summed E-state index contributed by atoms with van der Waals surface area (Å²) in [5, 5.41) is 2.93. The number of nitrogens with zero attached hydrogens (tertiary/aromatic N) is 1. The van der Waals surface area contributed by atoms with Gasteiger partial charge in [-0.05, 0) is 25.0 Å². The number of rotatable bonds is 2. The second-order valence-electron chi connectivity index (χ2n) is 4.94. The molecule has 0 aromatic carbocycles. The van der Waals surface area contributed by atoms with Crippen molar-refractivity contribution in [1.82, 2.24) is 4.57 Å². The van der Waals surface area contributed by atoms with E-state index in [1.807, 2.05) is 22.9 Å². The maximum Gasteiger partial charge on any atom is 0.274 e. The van der Waals surface area contributed by atoms with Gasteiger partial charge in [-0.1, -0.05) is 0 Å². The van der Waals surface area contributed by atoms with Gasteiger partial charge >= 0.3 is 0 Å². The van der Waals surface area contributed by atoms with Crippen LogP contribution in [0.25, 0.3) is 0 Å². The smallest absolute Gasteiger partial charge is 0.274 e. The molecule has 2 aliphatic rings. The molecular formula is C12H16N2O2. The molecule has 0 radical (unpaired) electrons. The van der Waals surface area contributed by atoms with Gasteiger partial charge in [-0.15, -0.1) is 0 Å². The third-order valence-electron chi connectivity index (χ3n) is 3.79. The number of anilines is 1. The number of hydrogen-bond acceptors (Lipinski definition) is 3. The Labute approximate surface area is 94.2 Å². The zero-order valence-corrected chi connectivity index (χ0v) is 9.40. The molecule has 1 spiro atoms. The lowest BCUT2D eigenvalue weighted by atomic mass is 9.64. The summed E-state index contributed by atoms with van der Waals surface area (Å²) in [5.74, 6) is 0. The monoisotopic (exact) mass is 220 g/mol. The third-order valence-corrected chi connectivity index (χ3v) is 3.79. The van der Waals surface area contributed by atoms with Crippen LogP contribution in [0.5, 0.6) is 0 Å². The van der Waals surface area contributed by atoms with Gasteiger partial charge in [-0.3, -0.25) is 4.79 Å². The van der Waals surface area contributed by atoms with Crippen molar-refractivity contribution in [3.8, 4) is 0 Å². The predicted molar refractivity (Wildman–Crippen MR) is 61.8 cm³/mol. The van der Waals surface area contributed by atoms with Gasteiger partial charge in [0.15, 0.2) is 0 Å². The Balaban J connectivity index is 1.83. The van der Waals surface area contributed by atoms with Crippen molar-refractivity contribution in [3.05, 3.63) is 28.7 Å². The number of pyridine rings is 1. The van der Waals surface area contributed by atoms with Gasteiger partial charge in [0.25, 0.3) is 5.56 Å². The highest BCUT2D eigenvalue weighted by atomic mass is 16.5. The molecule has 2 fully saturated rings. The van der Waals surface area contributed by atoms with Crippen LogP contribution in [-0.4, -0.2) is 24.8 Å². The lowest BCUT2D eigenvalue weighted by Gasteiger charge is -2.53. The summed E-state index contributed by atoms with van der Waals surface area (Å²) < 4.78 is 7.10. The van der Waals surface area contributed by atoms with Gasteiger partial charge < -0.3 is 14.6 Å². The Kier molecular flexibility index (Phi) is 2.07. The normalized spacial score (nSPS) is 22.6. The molecule has 3 rings (SSSR count). The summed E-state index contributed by atoms with van der Waals surface area (Å²) >= 11 is 0. The van der Waals surface area contributed by atoms with E-state index >= 15 is 0 Å². The van der Waals surface area contributed by atoms with Crippen molar-refractivity contribution >= 4 is 5.69 Å². The van der Waals surface area contributed by atoms with Gasteiger partial charge in [0.2, 0.25) is 0 Å². The van der Waals surface area contributed by atoms with Crippen LogP contribution in [0.4, 0.5) is 5.69 Å². The Morgan fingerprint density at radius 3 is 2.81 bits per heavy atom. The van der Waals surface area contributed by atoms with E-state index in [0.29, 0.717) is 17.1 Å². The first-order chi connectivity index (χ1) is 7.74. The third kappa shape index (κ3) is 1.29. The summed E-state index contributed by atoms with van der Waals surface area (Å²) in [6.45, 7) is 1.76. The average molecular weight is 220 g/mol. The molecule has 0 bridgehead atoms. The van der Waals surface area contributed by atoms with Crippen LogP contribution in [-0.2, 0) is 4.74 Å². The van der Waals surface area contributed by atoms with E-state index in [2.05, 4.69) is 5.32 Å². The average Bonchev–Trinajstić information content (AvgIpc) is 2.16. The SMILES string of the molecule is CNc1cccn(C2CC3(COC3)C2)c1=O. The first-order valence-electron chi connectivity index (χ1n) is 5.71. The van der Waals surface area contributed by atoms with Crippen molar-refractivity contribution in [1.29, 1.82) is 0 Å². The maximum absolute atomic E-state index is 12.0. The topological polar surface area (TPSA) is 43.3 Å². The van der Waals surface area contributed by atoms with Gasteiger partial charge in [0.05, 0.1) is 13.2 Å². The first-order valence-corrected chi connectivity index (χ1v) is 5.71. The van der Waals surface area contributed by atoms with E-state index in [9.17, 15) is 4.79 Å². The molecular weight excluding hydrogens is 204 g/mol. The number of aromatic nitrogens is 1. The summed E-state index contributed by atoms with van der Waals surface area (Å²) in [5.41, 5.74) is 1.16. The van der Waals surface area contributed by atoms with Crippen molar-refractivity contribution in [2.24, 2.45) is 5.41 Å². The molecule has 1 aliphatic carbocycles. The highest BCUT2D eigenvalue weighted by molar-refractivity contribution is 5.39. The Bertz CT molecular complexity index is 454. The van der Waals surface area contributed by atoms with Crippen molar-refractivity contribution in [3.63, 3.8) is 0 Å². The number of ether oxygens (including phenoxy) is 1. The zero-order valence-electron chi connectivity index (χ0n) is 9.40. The zero-order chi connectivity index (χ0) is 11.2. The predicted octanol–water partition coefficient (Wildman–Crippen LogP) is 1.24. The molecule has 86 valence electrons. The highest BCUT2D eigenvalue weighted by Crippen LogP contribution is 2.52. The molecule has 16 heavy (non-hydrogen) atoms. The molecule has 1 saturated carbocycles. The fraction of sp³-hybridized carbons (Fsp3) is 0.583. The van der Waals surface area contributed by atoms with Crippen LogP contribution in [0.15, 0.2) is 23.1 Å². The van der Waals surface area contributed by atoms with Crippen molar-refractivity contribution < 1.29 is 4.74 Å². The van der Waals surface area contributed by atoms with E-state index in [1.54, 1.807) is 7.05 Å². The van der Waals surface area contributed by atoms with Gasteiger partial charge in [-0.2, -0.15) is 0 Å². The molecule has 0 amide bonds. The maximum atomic E-state index is 12.0. The lowest BCUT2D eigenvalue weighted by Crippen LogP contribution is -2.53. The number of hydrogen-bond donors (Lipinski definition) is 1. The van der Waals surface area contributed by atoms with E-state index in [-0.39, 0.29) is 5.56 Å². The largest absolute Gasteiger partial charge is 0.384 e. The summed E-state index contributed by atoms with van der Waals surface area (Å²) in [6, 6.07) is 4.11. The summed E-state index contributed by atoms with van der Waals surface area (Å²) in [6.07, 6.45) is 4.06. The Morgan fingerprint density at radius 1 is 1.50 bits per heavy atom. The van der Waals surface area contributed by atoms with Crippen LogP contribution in [0.3, 0.4) is 0 Å². The molecule has 1 aromatic rings. The van der Waals surface area contributed by atoms with Gasteiger partial charge in [0, 0.05) is 24.7 Å². The molecule has 2 heterocycles. The summed E-state index contributed by atoms with van der Waals surface area (Å²) in [7, 11) is 1.78. The second-order valence-corrected chi connectivity index (χ2v) is 4.94. The highest BCUT2D eigenvalue weighted by Gasteiger charge is 2.50. The van der Waals surface area contributed by atoms with Crippen LogP contribution in [0.2, 0.25) is 0 Å². The summed E-state index contributed by atoms with van der Waals surface area (Å²) in [4.78, 5) is 12.0. The van der Waals surface area contributed by atoms with Crippen LogP contribution in [0, 0.1) is 5.41 Å². The van der Waals surface area contributed by atoms with Gasteiger partial charge in [0.1, 0.15) is 5.69 Å². The minimum atomic E-state index is 0.0880. The van der Waals surface area contributed by atoms with Crippen LogP contribution < -0.4 is 10.9 Å². The van der Waals surface area contributed by atoms with Gasteiger partial charge in [-0.25, -0.2) is 0 Å². The van der Waals surface area contributed by atoms with E-state index in [0.717, 1.165) is 26.1 Å². The van der Waals surface area contributed by atoms with E-state index < -0.39 is 0 Å². The molecule has 1 N–H and O–H groups in total. The minimum Gasteiger partial charge on any atom is -0.384 e. The molecule has 4 nitrogen and oxygen atoms in total. The molecule has 1 aliphatic heterocycles. The Morgan fingerprint density at radius 2 is 2.25 bits per heavy atom. The van der Waals surface area contributed by atoms with E-state index in [4.69, 9.17) is 4.74 Å². The standard InChI is InChI=1S/C12H16N2O2/c1-13-10-3-2-4-14(11(10)15)9-5-12(6-9)7-16-8-12/h2-4,9,13H,5-8H2,1H3. The van der Waals surface area contributed by atoms with Crippen LogP contribution in [0.1, 0.15) is 18.9 Å². The second kappa shape index (κ2) is 3.35. The fourth-order valence-corrected chi connectivity index (χ4v) is 2.75. The van der Waals surface area contributed by atoms with Crippen molar-refractivity contribution in [2.75, 3.05) is 25.6 Å². The number of nitrogens with one attached hydrogen (secondary N) is 1. The first kappa shape index (κ1) is 9.90. The quantitative estimate of drug-likeness (QED) is 0.815. The fourth-order valence-electron chi connectivity index (χ4n) is 2.75. The van der Waals surface area contributed by atoms with Crippen LogP contribution >= 0.6 is 0 Å². The lowest BCUT2D eigenvalue weighted by molar-refractivity contribution is -0.174. The molecule has 1 saturated heterocycles. The molecule has 1 aromatic heterocycles. The molecule has 0 atom stereocenters. The molecule has 0 unspecified atom stereocenters. The minimum absolute atomic E-state index is 0.0880. The van der Waals surface area contributed by atoms with E-state index in [1.165, 1.54) is 0 Å². The Hall–Kier alpha value is -1.29.